The fourth-order valence-electron chi connectivity index (χ4n) is 5.27. The van der Waals surface area contributed by atoms with E-state index in [1.54, 1.807) is 0 Å². The van der Waals surface area contributed by atoms with Crippen LogP contribution in [0.15, 0.2) is 77.3 Å². The van der Waals surface area contributed by atoms with Crippen molar-refractivity contribution >= 4 is 22.1 Å². The van der Waals surface area contributed by atoms with Gasteiger partial charge in [0.25, 0.3) is 0 Å². The summed E-state index contributed by atoms with van der Waals surface area (Å²) < 4.78 is 6.37. The number of pyridine rings is 2. The summed E-state index contributed by atoms with van der Waals surface area (Å²) in [6.07, 6.45) is 7.15. The molecule has 164 valence electrons. The average Bonchev–Trinajstić information content (AvgIpc) is 3.52. The average molecular weight is 433 g/mol. The molecule has 0 spiro atoms. The molecule has 3 aromatic heterocycles. The van der Waals surface area contributed by atoms with Gasteiger partial charge in [0.1, 0.15) is 5.58 Å². The van der Waals surface area contributed by atoms with Crippen LogP contribution in [0.3, 0.4) is 0 Å². The van der Waals surface area contributed by atoms with Crippen LogP contribution >= 0.6 is 0 Å². The van der Waals surface area contributed by atoms with E-state index in [-0.39, 0.29) is 0 Å². The van der Waals surface area contributed by atoms with Crippen molar-refractivity contribution in [1.29, 1.82) is 0 Å². The Kier molecular flexibility index (Phi) is 4.98. The second kappa shape index (κ2) is 8.15. The van der Waals surface area contributed by atoms with Crippen molar-refractivity contribution in [1.82, 2.24) is 9.97 Å². The first-order chi connectivity index (χ1) is 16.2. The molecule has 1 fully saturated rings. The highest BCUT2D eigenvalue weighted by Crippen LogP contribution is 2.40. The Balaban J connectivity index is 1.52. The van der Waals surface area contributed by atoms with Crippen LogP contribution in [-0.4, -0.2) is 9.97 Å². The zero-order valence-corrected chi connectivity index (χ0v) is 19.2. The van der Waals surface area contributed by atoms with E-state index in [9.17, 15) is 0 Å². The summed E-state index contributed by atoms with van der Waals surface area (Å²) in [5.41, 5.74) is 8.37. The number of nitrogens with zero attached hydrogens (tertiary/aromatic N) is 2. The van der Waals surface area contributed by atoms with Gasteiger partial charge in [0.2, 0.25) is 5.71 Å². The van der Waals surface area contributed by atoms with Gasteiger partial charge in [-0.3, -0.25) is 4.98 Å². The molecule has 0 aliphatic heterocycles. The number of rotatable bonds is 4. The first-order valence-electron chi connectivity index (χ1n) is 12.1. The zero-order chi connectivity index (χ0) is 22.4. The van der Waals surface area contributed by atoms with E-state index in [1.807, 2.05) is 12.3 Å². The highest BCUT2D eigenvalue weighted by molar-refractivity contribution is 6.09. The maximum absolute atomic E-state index is 6.37. The Morgan fingerprint density at radius 1 is 0.848 bits per heavy atom. The molecule has 3 nitrogen and oxygen atoms in total. The van der Waals surface area contributed by atoms with Gasteiger partial charge >= 0.3 is 0 Å². The van der Waals surface area contributed by atoms with Gasteiger partial charge in [-0.25, -0.2) is 4.98 Å². The van der Waals surface area contributed by atoms with Crippen molar-refractivity contribution in [3.63, 3.8) is 0 Å². The standard InChI is InChI=1S/C30H28N2O/c1-19(2)27-16-15-25-24-12-6-13-26(29(24)33-30(25)32-27)28-23(14-7-17-31-28)22-11-5-10-21(18-22)20-8-3-4-9-20/h5-7,10-20H,3-4,8-9H2,1-2H3. The minimum atomic E-state index is 0.358. The predicted molar refractivity (Wildman–Crippen MR) is 135 cm³/mol. The fourth-order valence-corrected chi connectivity index (χ4v) is 5.27. The lowest BCUT2D eigenvalue weighted by Gasteiger charge is -2.13. The third-order valence-corrected chi connectivity index (χ3v) is 7.06. The van der Waals surface area contributed by atoms with E-state index in [0.29, 0.717) is 17.5 Å². The summed E-state index contributed by atoms with van der Waals surface area (Å²) in [6.45, 7) is 4.31. The van der Waals surface area contributed by atoms with E-state index >= 15 is 0 Å². The fraction of sp³-hybridized carbons (Fsp3) is 0.267. The normalized spacial score (nSPS) is 14.6. The molecule has 2 aromatic carbocycles. The molecule has 0 bridgehead atoms. The minimum Gasteiger partial charge on any atom is -0.437 e. The molecule has 0 N–H and O–H groups in total. The number of aromatic nitrogens is 2. The maximum atomic E-state index is 6.37. The van der Waals surface area contributed by atoms with Gasteiger partial charge < -0.3 is 4.42 Å². The third-order valence-electron chi connectivity index (χ3n) is 7.06. The lowest BCUT2D eigenvalue weighted by Crippen LogP contribution is -1.94. The zero-order valence-electron chi connectivity index (χ0n) is 19.2. The summed E-state index contributed by atoms with van der Waals surface area (Å²) in [6, 6.07) is 23.8. The molecule has 1 aliphatic rings. The molecule has 0 unspecified atom stereocenters. The molecule has 0 atom stereocenters. The Hall–Kier alpha value is -3.46. The Labute approximate surface area is 194 Å². The second-order valence-corrected chi connectivity index (χ2v) is 9.53. The third kappa shape index (κ3) is 3.52. The van der Waals surface area contributed by atoms with Gasteiger partial charge in [-0.2, -0.15) is 0 Å². The molecule has 0 amide bonds. The van der Waals surface area contributed by atoms with E-state index in [0.717, 1.165) is 38.9 Å². The van der Waals surface area contributed by atoms with Crippen LogP contribution in [0.5, 0.6) is 0 Å². The van der Waals surface area contributed by atoms with Crippen LogP contribution in [0.4, 0.5) is 0 Å². The van der Waals surface area contributed by atoms with Gasteiger partial charge in [0, 0.05) is 33.8 Å². The Bertz CT molecular complexity index is 1460. The van der Waals surface area contributed by atoms with Gasteiger partial charge in [0.05, 0.1) is 5.69 Å². The van der Waals surface area contributed by atoms with Crippen LogP contribution in [0, 0.1) is 0 Å². The summed E-state index contributed by atoms with van der Waals surface area (Å²) >= 11 is 0. The van der Waals surface area contributed by atoms with Crippen LogP contribution < -0.4 is 0 Å². The molecule has 1 saturated carbocycles. The topological polar surface area (TPSA) is 38.9 Å². The number of hydrogen-bond acceptors (Lipinski definition) is 3. The Morgan fingerprint density at radius 3 is 2.52 bits per heavy atom. The van der Waals surface area contributed by atoms with Crippen molar-refractivity contribution in [2.45, 2.75) is 51.4 Å². The largest absolute Gasteiger partial charge is 0.437 e. The van der Waals surface area contributed by atoms with Crippen molar-refractivity contribution in [2.24, 2.45) is 0 Å². The first-order valence-corrected chi connectivity index (χ1v) is 12.1. The van der Waals surface area contributed by atoms with Crippen LogP contribution in [0.1, 0.15) is 62.6 Å². The smallest absolute Gasteiger partial charge is 0.227 e. The number of fused-ring (bicyclic) bond motifs is 3. The molecule has 33 heavy (non-hydrogen) atoms. The van der Waals surface area contributed by atoms with E-state index in [1.165, 1.54) is 36.8 Å². The van der Waals surface area contributed by atoms with E-state index < -0.39 is 0 Å². The van der Waals surface area contributed by atoms with Crippen LogP contribution in [0.2, 0.25) is 0 Å². The van der Waals surface area contributed by atoms with Crippen molar-refractivity contribution < 1.29 is 4.42 Å². The molecule has 1 aliphatic carbocycles. The molecule has 3 heterocycles. The number of furan rings is 1. The summed E-state index contributed by atoms with van der Waals surface area (Å²) in [5, 5.41) is 2.14. The second-order valence-electron chi connectivity index (χ2n) is 9.53. The van der Waals surface area contributed by atoms with Crippen molar-refractivity contribution in [3.8, 4) is 22.4 Å². The number of benzene rings is 2. The molecular weight excluding hydrogens is 404 g/mol. The molecule has 0 saturated heterocycles. The van der Waals surface area contributed by atoms with E-state index in [4.69, 9.17) is 14.4 Å². The molecule has 0 radical (unpaired) electrons. The number of para-hydroxylation sites is 1. The quantitative estimate of drug-likeness (QED) is 0.286. The van der Waals surface area contributed by atoms with Crippen molar-refractivity contribution in [3.05, 3.63) is 84.2 Å². The summed E-state index contributed by atoms with van der Waals surface area (Å²) in [5.74, 6) is 1.04. The van der Waals surface area contributed by atoms with E-state index in [2.05, 4.69) is 74.5 Å². The van der Waals surface area contributed by atoms with Gasteiger partial charge in [-0.15, -0.1) is 0 Å². The van der Waals surface area contributed by atoms with Crippen molar-refractivity contribution in [2.75, 3.05) is 0 Å². The van der Waals surface area contributed by atoms with Gasteiger partial charge in [-0.05, 0) is 60.1 Å². The summed E-state index contributed by atoms with van der Waals surface area (Å²) in [4.78, 5) is 9.63. The highest BCUT2D eigenvalue weighted by Gasteiger charge is 2.20. The monoisotopic (exact) mass is 432 g/mol. The molecule has 6 rings (SSSR count). The predicted octanol–water partition coefficient (Wildman–Crippen LogP) is 8.49. The van der Waals surface area contributed by atoms with Gasteiger partial charge in [0.15, 0.2) is 0 Å². The minimum absolute atomic E-state index is 0.358. The first kappa shape index (κ1) is 20.2. The highest BCUT2D eigenvalue weighted by atomic mass is 16.3. The summed E-state index contributed by atoms with van der Waals surface area (Å²) in [7, 11) is 0. The number of hydrogen-bond donors (Lipinski definition) is 0. The molecule has 3 heteroatoms. The SMILES string of the molecule is CC(C)c1ccc2c(n1)oc1c(-c3ncccc3-c3cccc(C4CCCC4)c3)cccc12. The van der Waals surface area contributed by atoms with Crippen LogP contribution in [-0.2, 0) is 0 Å². The lowest BCUT2D eigenvalue weighted by atomic mass is 9.92. The molecule has 5 aromatic rings. The Morgan fingerprint density at radius 2 is 1.67 bits per heavy atom. The van der Waals surface area contributed by atoms with Crippen LogP contribution in [0.25, 0.3) is 44.5 Å². The van der Waals surface area contributed by atoms with Gasteiger partial charge in [-0.1, -0.05) is 69.2 Å². The lowest BCUT2D eigenvalue weighted by molar-refractivity contribution is 0.648. The molecular formula is C30H28N2O. The maximum Gasteiger partial charge on any atom is 0.227 e.